The number of nitrogens with zero attached hydrogens (tertiary/aromatic N) is 1. The molecule has 0 saturated carbocycles. The van der Waals surface area contributed by atoms with Crippen LogP contribution in [0.5, 0.6) is 0 Å². The van der Waals surface area contributed by atoms with Crippen LogP contribution < -0.4 is 0 Å². The van der Waals surface area contributed by atoms with E-state index < -0.39 is 0 Å². The van der Waals surface area contributed by atoms with Gasteiger partial charge in [0, 0.05) is 19.1 Å². The number of thiocarbonyl (C=S) groups is 1. The van der Waals surface area contributed by atoms with Crippen LogP contribution in [0.25, 0.3) is 0 Å². The third-order valence-electron chi connectivity index (χ3n) is 2.08. The zero-order valence-electron chi connectivity index (χ0n) is 7.45. The lowest BCUT2D eigenvalue weighted by molar-refractivity contribution is -0.114. The third-order valence-corrected chi connectivity index (χ3v) is 2.17. The number of carbonyl (C=O) groups is 1. The van der Waals surface area contributed by atoms with Crippen molar-refractivity contribution >= 4 is 23.3 Å². The molecule has 0 radical (unpaired) electrons. The summed E-state index contributed by atoms with van der Waals surface area (Å²) < 4.78 is 5.17. The van der Waals surface area contributed by atoms with Crippen LogP contribution in [0.1, 0.15) is 19.3 Å². The minimum Gasteiger partial charge on any atom is -0.381 e. The fraction of sp³-hybridized carbons (Fsp3) is 0.556. The molecule has 1 unspecified atom stereocenters. The van der Waals surface area contributed by atoms with Crippen LogP contribution in [-0.4, -0.2) is 24.3 Å². The number of aliphatic imine (C=N–C) groups is 1. The summed E-state index contributed by atoms with van der Waals surface area (Å²) in [5.74, 6) is -0.281. The van der Waals surface area contributed by atoms with Crippen molar-refractivity contribution in [1.82, 2.24) is 0 Å². The summed E-state index contributed by atoms with van der Waals surface area (Å²) in [6.45, 7) is 0. The van der Waals surface area contributed by atoms with Gasteiger partial charge in [0.05, 0.1) is 11.3 Å². The molecule has 1 aliphatic rings. The Labute approximate surface area is 82.5 Å². The second kappa shape index (κ2) is 5.02. The van der Waals surface area contributed by atoms with Gasteiger partial charge in [-0.15, -0.1) is 0 Å². The van der Waals surface area contributed by atoms with Crippen LogP contribution in [0.15, 0.2) is 16.6 Å². The largest absolute Gasteiger partial charge is 0.381 e. The molecular formula is C9H11NO2S. The van der Waals surface area contributed by atoms with Gasteiger partial charge in [-0.1, -0.05) is 6.08 Å². The maximum absolute atomic E-state index is 11.2. The van der Waals surface area contributed by atoms with Crippen molar-refractivity contribution in [3.8, 4) is 0 Å². The zero-order chi connectivity index (χ0) is 9.68. The van der Waals surface area contributed by atoms with Gasteiger partial charge in [0.1, 0.15) is 0 Å². The van der Waals surface area contributed by atoms with Gasteiger partial charge in [0.2, 0.25) is 0 Å². The Morgan fingerprint density at radius 2 is 2.62 bits per heavy atom. The van der Waals surface area contributed by atoms with Crippen molar-refractivity contribution in [2.45, 2.75) is 25.4 Å². The van der Waals surface area contributed by atoms with Crippen molar-refractivity contribution < 1.29 is 9.53 Å². The molecule has 0 aromatic heterocycles. The SMILES string of the molecule is COC1CCC=C(C(=O)N=C=S)C1. The van der Waals surface area contributed by atoms with Gasteiger partial charge in [-0.3, -0.25) is 4.79 Å². The standard InChI is InChI=1S/C9H11NO2S/c1-12-8-4-2-3-7(5-8)9(11)10-6-13/h3,8H,2,4-5H2,1H3. The molecular weight excluding hydrogens is 186 g/mol. The topological polar surface area (TPSA) is 38.7 Å². The maximum atomic E-state index is 11.2. The highest BCUT2D eigenvalue weighted by molar-refractivity contribution is 7.78. The number of ether oxygens (including phenoxy) is 1. The second-order valence-electron chi connectivity index (χ2n) is 2.88. The van der Waals surface area contributed by atoms with Crippen LogP contribution >= 0.6 is 12.2 Å². The lowest BCUT2D eigenvalue weighted by atomic mass is 9.96. The van der Waals surface area contributed by atoms with Crippen molar-refractivity contribution in [3.05, 3.63) is 11.6 Å². The molecule has 0 saturated heterocycles. The van der Waals surface area contributed by atoms with E-state index in [1.165, 1.54) is 0 Å². The molecule has 1 amide bonds. The zero-order valence-corrected chi connectivity index (χ0v) is 8.26. The first-order chi connectivity index (χ1) is 6.27. The Morgan fingerprint density at radius 1 is 1.85 bits per heavy atom. The number of rotatable bonds is 2. The Balaban J connectivity index is 2.65. The molecule has 1 atom stereocenters. The predicted octanol–water partition coefficient (Wildman–Crippen LogP) is 1.74. The first kappa shape index (κ1) is 10.3. The quantitative estimate of drug-likeness (QED) is 0.500. The Kier molecular flexibility index (Phi) is 3.96. The average Bonchev–Trinajstić information content (AvgIpc) is 2.18. The van der Waals surface area contributed by atoms with Gasteiger partial charge >= 0.3 is 0 Å². The van der Waals surface area contributed by atoms with Crippen LogP contribution in [0, 0.1) is 0 Å². The number of hydrogen-bond acceptors (Lipinski definition) is 3. The maximum Gasteiger partial charge on any atom is 0.281 e. The normalized spacial score (nSPS) is 21.6. The monoisotopic (exact) mass is 197 g/mol. The molecule has 1 aliphatic carbocycles. The molecule has 70 valence electrons. The Morgan fingerprint density at radius 3 is 3.23 bits per heavy atom. The summed E-state index contributed by atoms with van der Waals surface area (Å²) in [4.78, 5) is 14.7. The Hall–Kier alpha value is -0.830. The van der Waals surface area contributed by atoms with E-state index in [1.807, 2.05) is 6.08 Å². The van der Waals surface area contributed by atoms with E-state index in [0.717, 1.165) is 12.8 Å². The van der Waals surface area contributed by atoms with Crippen molar-refractivity contribution in [1.29, 1.82) is 0 Å². The van der Waals surface area contributed by atoms with E-state index >= 15 is 0 Å². The van der Waals surface area contributed by atoms with Crippen LogP contribution in [-0.2, 0) is 9.53 Å². The highest BCUT2D eigenvalue weighted by Crippen LogP contribution is 2.21. The molecule has 13 heavy (non-hydrogen) atoms. The van der Waals surface area contributed by atoms with E-state index in [-0.39, 0.29) is 12.0 Å². The summed E-state index contributed by atoms with van der Waals surface area (Å²) in [5, 5.41) is 2.07. The fourth-order valence-corrected chi connectivity index (χ4v) is 1.45. The van der Waals surface area contributed by atoms with Crippen molar-refractivity contribution in [2.24, 2.45) is 4.99 Å². The molecule has 0 spiro atoms. The van der Waals surface area contributed by atoms with Gasteiger partial charge in [0.15, 0.2) is 0 Å². The van der Waals surface area contributed by atoms with Gasteiger partial charge < -0.3 is 4.74 Å². The third kappa shape index (κ3) is 2.84. The van der Waals surface area contributed by atoms with Gasteiger partial charge in [-0.25, -0.2) is 0 Å². The molecule has 0 fully saturated rings. The highest BCUT2D eigenvalue weighted by atomic mass is 32.1. The summed E-state index contributed by atoms with van der Waals surface area (Å²) in [6, 6.07) is 0. The molecule has 4 heteroatoms. The Bertz CT molecular complexity index is 279. The molecule has 0 heterocycles. The van der Waals surface area contributed by atoms with E-state index in [0.29, 0.717) is 12.0 Å². The molecule has 0 N–H and O–H groups in total. The number of isothiocyanates is 1. The number of allylic oxidation sites excluding steroid dienone is 1. The van der Waals surface area contributed by atoms with Crippen molar-refractivity contribution in [2.75, 3.05) is 7.11 Å². The van der Waals surface area contributed by atoms with Crippen LogP contribution in [0.2, 0.25) is 0 Å². The van der Waals surface area contributed by atoms with E-state index in [9.17, 15) is 4.79 Å². The molecule has 0 aliphatic heterocycles. The first-order valence-electron chi connectivity index (χ1n) is 4.12. The van der Waals surface area contributed by atoms with Crippen LogP contribution in [0.3, 0.4) is 0 Å². The van der Waals surface area contributed by atoms with Crippen molar-refractivity contribution in [3.63, 3.8) is 0 Å². The summed E-state index contributed by atoms with van der Waals surface area (Å²) in [6.07, 6.45) is 4.51. The fourth-order valence-electron chi connectivity index (χ4n) is 1.36. The van der Waals surface area contributed by atoms with E-state index in [4.69, 9.17) is 4.74 Å². The van der Waals surface area contributed by atoms with E-state index in [2.05, 4.69) is 22.4 Å². The predicted molar refractivity (Wildman–Crippen MR) is 52.8 cm³/mol. The summed E-state index contributed by atoms with van der Waals surface area (Å²) in [5.41, 5.74) is 0.690. The number of hydrogen-bond donors (Lipinski definition) is 0. The van der Waals surface area contributed by atoms with Gasteiger partial charge in [-0.2, -0.15) is 4.99 Å². The smallest absolute Gasteiger partial charge is 0.281 e. The second-order valence-corrected chi connectivity index (χ2v) is 3.06. The number of carbonyl (C=O) groups excluding carboxylic acids is 1. The molecule has 3 nitrogen and oxygen atoms in total. The highest BCUT2D eigenvalue weighted by Gasteiger charge is 2.18. The average molecular weight is 197 g/mol. The van der Waals surface area contributed by atoms with E-state index in [1.54, 1.807) is 7.11 Å². The molecule has 0 aromatic rings. The first-order valence-corrected chi connectivity index (χ1v) is 4.52. The lowest BCUT2D eigenvalue weighted by Gasteiger charge is -2.19. The number of methoxy groups -OCH3 is 1. The minimum atomic E-state index is -0.281. The molecule has 0 bridgehead atoms. The lowest BCUT2D eigenvalue weighted by Crippen LogP contribution is -2.17. The summed E-state index contributed by atoms with van der Waals surface area (Å²) in [7, 11) is 1.65. The summed E-state index contributed by atoms with van der Waals surface area (Å²) >= 11 is 4.36. The van der Waals surface area contributed by atoms with Gasteiger partial charge in [-0.05, 0) is 25.1 Å². The van der Waals surface area contributed by atoms with Gasteiger partial charge in [0.25, 0.3) is 5.91 Å². The minimum absolute atomic E-state index is 0.143. The molecule has 0 aromatic carbocycles. The number of amides is 1. The molecule has 1 rings (SSSR count). The van der Waals surface area contributed by atoms with Crippen LogP contribution in [0.4, 0.5) is 0 Å².